The van der Waals surface area contributed by atoms with E-state index in [1.54, 1.807) is 30.3 Å². The summed E-state index contributed by atoms with van der Waals surface area (Å²) in [5.41, 5.74) is 0.389. The van der Waals surface area contributed by atoms with E-state index in [1.807, 2.05) is 6.92 Å². The van der Waals surface area contributed by atoms with Crippen molar-refractivity contribution in [2.45, 2.75) is 32.2 Å². The zero-order valence-electron chi connectivity index (χ0n) is 23.5. The van der Waals surface area contributed by atoms with Crippen molar-refractivity contribution in [1.82, 2.24) is 25.2 Å². The van der Waals surface area contributed by atoms with Crippen molar-refractivity contribution in [1.29, 1.82) is 0 Å². The molecule has 3 rings (SSSR count). The first kappa shape index (κ1) is 33.4. The van der Waals surface area contributed by atoms with Crippen molar-refractivity contribution in [3.63, 3.8) is 0 Å². The first-order chi connectivity index (χ1) is 20.5. The predicted octanol–water partition coefficient (Wildman–Crippen LogP) is 1.88. The van der Waals surface area contributed by atoms with Crippen LogP contribution in [-0.4, -0.2) is 111 Å². The van der Waals surface area contributed by atoms with Gasteiger partial charge in [0.1, 0.15) is 17.6 Å². The fourth-order valence-electron chi connectivity index (χ4n) is 4.05. The zero-order valence-corrected chi connectivity index (χ0v) is 24.4. The van der Waals surface area contributed by atoms with Crippen LogP contribution < -0.4 is 10.6 Å². The third-order valence-corrected chi connectivity index (χ3v) is 7.61. The molecule has 1 aliphatic heterocycles. The van der Waals surface area contributed by atoms with Crippen LogP contribution in [-0.2, 0) is 23.5 Å². The highest BCUT2D eigenvalue weighted by Gasteiger charge is 2.36. The number of hydroxylamine groups is 2. The number of hydrogen-bond donors (Lipinski definition) is 5. The van der Waals surface area contributed by atoms with E-state index in [0.717, 1.165) is 5.06 Å². The highest BCUT2D eigenvalue weighted by Crippen LogP contribution is 2.43. The lowest BCUT2D eigenvalue weighted by molar-refractivity contribution is -0.154. The molecule has 0 saturated carbocycles. The minimum atomic E-state index is -4.33. The second-order valence-electron chi connectivity index (χ2n) is 9.54. The topological polar surface area (TPSA) is 221 Å². The van der Waals surface area contributed by atoms with E-state index >= 15 is 0 Å². The first-order valence-corrected chi connectivity index (χ1v) is 15.4. The molecule has 1 unspecified atom stereocenters. The van der Waals surface area contributed by atoms with Crippen LogP contribution in [0.25, 0.3) is 11.4 Å². The number of benzene rings is 1. The van der Waals surface area contributed by atoms with Crippen molar-refractivity contribution >= 4 is 37.4 Å². The number of aromatic nitrogens is 2. The summed E-state index contributed by atoms with van der Waals surface area (Å²) in [5, 5.41) is 24.3. The van der Waals surface area contributed by atoms with Gasteiger partial charge >= 0.3 is 19.7 Å². The highest BCUT2D eigenvalue weighted by molar-refractivity contribution is 7.52. The monoisotopic (exact) mass is 622 g/mol. The van der Waals surface area contributed by atoms with E-state index in [2.05, 4.69) is 25.4 Å². The van der Waals surface area contributed by atoms with Gasteiger partial charge in [-0.05, 0) is 6.42 Å². The van der Waals surface area contributed by atoms with Gasteiger partial charge in [-0.3, -0.25) is 18.9 Å². The zero-order chi connectivity index (χ0) is 31.4. The Hall–Kier alpha value is -4.11. The van der Waals surface area contributed by atoms with Gasteiger partial charge in [-0.2, -0.15) is 0 Å². The number of anilines is 1. The molecule has 0 spiro atoms. The number of nitrogens with zero attached hydrogens (tertiary/aromatic N) is 4. The van der Waals surface area contributed by atoms with Crippen LogP contribution in [0, 0.1) is 0 Å². The number of piperazine rings is 1. The normalized spacial score (nSPS) is 15.6. The molecule has 1 aliphatic rings. The molecule has 5 N–H and O–H groups in total. The number of carboxylic acids is 1. The van der Waals surface area contributed by atoms with Gasteiger partial charge in [0.25, 0.3) is 5.91 Å². The molecule has 17 heteroatoms. The number of nitrogens with one attached hydrogen (secondary N) is 2. The van der Waals surface area contributed by atoms with Crippen LogP contribution in [0.1, 0.15) is 36.7 Å². The van der Waals surface area contributed by atoms with Gasteiger partial charge in [-0.25, -0.2) is 14.8 Å². The van der Waals surface area contributed by atoms with Gasteiger partial charge in [-0.1, -0.05) is 43.7 Å². The van der Waals surface area contributed by atoms with E-state index in [0.29, 0.717) is 18.4 Å². The van der Waals surface area contributed by atoms with Gasteiger partial charge in [-0.15, -0.1) is 5.06 Å². The summed E-state index contributed by atoms with van der Waals surface area (Å²) in [6.07, 6.45) is -1.19. The van der Waals surface area contributed by atoms with Gasteiger partial charge in [0, 0.05) is 31.3 Å². The summed E-state index contributed by atoms with van der Waals surface area (Å²) in [7, 11) is -4.33. The molecule has 1 aromatic heterocycles. The summed E-state index contributed by atoms with van der Waals surface area (Å²) in [6.45, 7) is 2.07. The quantitative estimate of drug-likeness (QED) is 0.141. The lowest BCUT2D eigenvalue weighted by Gasteiger charge is -2.35. The molecule has 16 nitrogen and oxygen atoms in total. The SMILES string of the molecule is CCCCOP(=O)(O)C[C@H](NC(=O)c1cc(NCCC(=O)O)nc(-c2ccccc2)n1)C(=O)N1CCN(OC(=O)O)CC1. The van der Waals surface area contributed by atoms with Crippen LogP contribution in [0.2, 0.25) is 0 Å². The summed E-state index contributed by atoms with van der Waals surface area (Å²) in [6, 6.07) is 8.50. The molecule has 2 atom stereocenters. The number of carboxylic acid groups (broad SMARTS) is 2. The molecule has 2 heterocycles. The maximum atomic E-state index is 13.5. The van der Waals surface area contributed by atoms with Crippen LogP contribution in [0.5, 0.6) is 0 Å². The molecular formula is C26H35N6O10P. The Balaban J connectivity index is 1.86. The standard InChI is InChI=1S/C26H35N6O10P/c1-2-3-15-41-43(39,40)17-20(25(36)31-11-13-32(14-12-31)42-26(37)38)29-24(35)19-16-21(27-10-9-22(33)34)30-23(28-19)18-7-5-4-6-8-18/h4-8,16,20H,2-3,9-15,17H2,1H3,(H,29,35)(H,33,34)(H,37,38)(H,39,40)(H,27,28,30)/t20-/m0/s1. The number of carbonyl (C=O) groups excluding carboxylic acids is 2. The van der Waals surface area contributed by atoms with Crippen molar-refractivity contribution in [3.8, 4) is 11.4 Å². The van der Waals surface area contributed by atoms with Gasteiger partial charge in [0.2, 0.25) is 5.91 Å². The Kier molecular flexibility index (Phi) is 12.4. The molecule has 2 aromatic rings. The Morgan fingerprint density at radius 1 is 1.07 bits per heavy atom. The maximum absolute atomic E-state index is 13.5. The molecular weight excluding hydrogens is 587 g/mol. The second kappa shape index (κ2) is 15.9. The Morgan fingerprint density at radius 3 is 2.40 bits per heavy atom. The molecule has 1 aromatic carbocycles. The van der Waals surface area contributed by atoms with Crippen LogP contribution in [0.3, 0.4) is 0 Å². The first-order valence-electron chi connectivity index (χ1n) is 13.6. The molecule has 1 saturated heterocycles. The fourth-order valence-corrected chi connectivity index (χ4v) is 5.28. The van der Waals surface area contributed by atoms with E-state index in [4.69, 9.17) is 14.7 Å². The van der Waals surface area contributed by atoms with Crippen LogP contribution in [0.4, 0.5) is 10.6 Å². The van der Waals surface area contributed by atoms with Crippen molar-refractivity contribution in [3.05, 3.63) is 42.1 Å². The lowest BCUT2D eigenvalue weighted by atomic mass is 10.2. The third kappa shape index (κ3) is 10.9. The summed E-state index contributed by atoms with van der Waals surface area (Å²) in [4.78, 5) is 73.9. The average Bonchev–Trinajstić information content (AvgIpc) is 2.96. The summed E-state index contributed by atoms with van der Waals surface area (Å²) in [5.74, 6) is -2.24. The van der Waals surface area contributed by atoms with Crippen LogP contribution >= 0.6 is 7.60 Å². The molecule has 234 valence electrons. The number of rotatable bonds is 15. The smallest absolute Gasteiger partial charge is 0.481 e. The molecule has 1 fully saturated rings. The van der Waals surface area contributed by atoms with Crippen molar-refractivity contribution in [2.24, 2.45) is 0 Å². The average molecular weight is 623 g/mol. The van der Waals surface area contributed by atoms with Crippen molar-refractivity contribution in [2.75, 3.05) is 50.8 Å². The Morgan fingerprint density at radius 2 is 1.77 bits per heavy atom. The summed E-state index contributed by atoms with van der Waals surface area (Å²) < 4.78 is 18.0. The second-order valence-corrected chi connectivity index (χ2v) is 11.4. The van der Waals surface area contributed by atoms with E-state index in [-0.39, 0.29) is 63.1 Å². The van der Waals surface area contributed by atoms with Gasteiger partial charge in [0.05, 0.1) is 32.3 Å². The largest absolute Gasteiger partial charge is 0.525 e. The number of unbranched alkanes of at least 4 members (excludes halogenated alkanes) is 1. The maximum Gasteiger partial charge on any atom is 0.525 e. The molecule has 43 heavy (non-hydrogen) atoms. The molecule has 0 aliphatic carbocycles. The Labute approximate surface area is 247 Å². The van der Waals surface area contributed by atoms with Crippen LogP contribution in [0.15, 0.2) is 36.4 Å². The van der Waals surface area contributed by atoms with E-state index < -0.39 is 43.7 Å². The van der Waals surface area contributed by atoms with E-state index in [1.165, 1.54) is 11.0 Å². The summed E-state index contributed by atoms with van der Waals surface area (Å²) >= 11 is 0. The minimum Gasteiger partial charge on any atom is -0.481 e. The van der Waals surface area contributed by atoms with E-state index in [9.17, 15) is 28.6 Å². The molecule has 2 amide bonds. The third-order valence-electron chi connectivity index (χ3n) is 6.20. The number of aliphatic carboxylic acids is 1. The molecule has 0 bridgehead atoms. The number of carbonyl (C=O) groups is 4. The molecule has 0 radical (unpaired) electrons. The number of amides is 2. The minimum absolute atomic E-state index is 0.0119. The lowest BCUT2D eigenvalue weighted by Crippen LogP contribution is -2.56. The predicted molar refractivity (Wildman–Crippen MR) is 152 cm³/mol. The number of hydrogen-bond acceptors (Lipinski definition) is 11. The highest BCUT2D eigenvalue weighted by atomic mass is 31.2. The van der Waals surface area contributed by atoms with Gasteiger partial charge < -0.3 is 40.0 Å². The van der Waals surface area contributed by atoms with Gasteiger partial charge in [0.15, 0.2) is 5.82 Å². The van der Waals surface area contributed by atoms with Crippen molar-refractivity contribution < 1.29 is 48.2 Å². The Bertz CT molecular complexity index is 1320. The fraction of sp³-hybridized carbons (Fsp3) is 0.462.